The van der Waals surface area contributed by atoms with Crippen LogP contribution in [0.3, 0.4) is 0 Å². The highest BCUT2D eigenvalue weighted by Gasteiger charge is 2.17. The smallest absolute Gasteiger partial charge is 0.0437 e. The van der Waals surface area contributed by atoms with Gasteiger partial charge in [0.25, 0.3) is 0 Å². The summed E-state index contributed by atoms with van der Waals surface area (Å²) in [7, 11) is 0. The zero-order chi connectivity index (χ0) is 9.80. The molecule has 1 aromatic heterocycles. The molecule has 1 atom stereocenters. The van der Waals surface area contributed by atoms with Gasteiger partial charge in [0.1, 0.15) is 0 Å². The predicted molar refractivity (Wildman–Crippen MR) is 56.8 cm³/mol. The van der Waals surface area contributed by atoms with Gasteiger partial charge in [0, 0.05) is 31.0 Å². The Morgan fingerprint density at radius 2 is 2.43 bits per heavy atom. The molecule has 3 N–H and O–H groups in total. The molecule has 0 saturated heterocycles. The molecule has 0 radical (unpaired) electrons. The Hall–Kier alpha value is -0.930. The van der Waals surface area contributed by atoms with Gasteiger partial charge in [-0.3, -0.25) is 4.98 Å². The maximum absolute atomic E-state index is 6.02. The first kappa shape index (κ1) is 9.62. The van der Waals surface area contributed by atoms with Crippen molar-refractivity contribution in [2.75, 3.05) is 6.54 Å². The Morgan fingerprint density at radius 3 is 3.00 bits per heavy atom. The van der Waals surface area contributed by atoms with Crippen LogP contribution in [0.25, 0.3) is 0 Å². The second kappa shape index (κ2) is 4.53. The van der Waals surface area contributed by atoms with Gasteiger partial charge in [0.15, 0.2) is 0 Å². The number of nitrogens with zero attached hydrogens (tertiary/aromatic N) is 1. The summed E-state index contributed by atoms with van der Waals surface area (Å²) in [6.07, 6.45) is 7.59. The molecule has 3 nitrogen and oxygen atoms in total. The summed E-state index contributed by atoms with van der Waals surface area (Å²) < 4.78 is 0. The number of rotatable bonds is 4. The van der Waals surface area contributed by atoms with Crippen LogP contribution in [-0.4, -0.2) is 17.6 Å². The zero-order valence-corrected chi connectivity index (χ0v) is 8.32. The van der Waals surface area contributed by atoms with E-state index in [0.29, 0.717) is 6.04 Å². The van der Waals surface area contributed by atoms with Crippen LogP contribution in [0.1, 0.15) is 30.9 Å². The summed E-state index contributed by atoms with van der Waals surface area (Å²) in [5.74, 6) is 0. The SMILES string of the molecule is NC(CNC1CCC1)c1cccnc1. The van der Waals surface area contributed by atoms with Crippen LogP contribution >= 0.6 is 0 Å². The van der Waals surface area contributed by atoms with Crippen molar-refractivity contribution in [2.45, 2.75) is 31.3 Å². The number of hydrogen-bond acceptors (Lipinski definition) is 3. The van der Waals surface area contributed by atoms with Crippen molar-refractivity contribution in [3.63, 3.8) is 0 Å². The molecule has 2 rings (SSSR count). The molecule has 0 amide bonds. The van der Waals surface area contributed by atoms with Crippen molar-refractivity contribution >= 4 is 0 Å². The van der Waals surface area contributed by atoms with Gasteiger partial charge in [0.2, 0.25) is 0 Å². The molecule has 14 heavy (non-hydrogen) atoms. The lowest BCUT2D eigenvalue weighted by Gasteiger charge is -2.28. The highest BCUT2D eigenvalue weighted by molar-refractivity contribution is 5.13. The lowest BCUT2D eigenvalue weighted by Crippen LogP contribution is -2.39. The molecule has 1 unspecified atom stereocenters. The van der Waals surface area contributed by atoms with E-state index in [-0.39, 0.29) is 6.04 Å². The van der Waals surface area contributed by atoms with E-state index in [1.165, 1.54) is 19.3 Å². The number of pyridine rings is 1. The van der Waals surface area contributed by atoms with Crippen molar-refractivity contribution in [1.29, 1.82) is 0 Å². The molecule has 1 aromatic rings. The molecule has 0 aliphatic heterocycles. The van der Waals surface area contributed by atoms with E-state index in [1.807, 2.05) is 18.3 Å². The van der Waals surface area contributed by atoms with Crippen molar-refractivity contribution in [3.05, 3.63) is 30.1 Å². The summed E-state index contributed by atoms with van der Waals surface area (Å²) in [5.41, 5.74) is 7.13. The Labute approximate surface area is 84.7 Å². The average Bonchev–Trinajstić information content (AvgIpc) is 2.16. The minimum atomic E-state index is 0.0734. The van der Waals surface area contributed by atoms with E-state index >= 15 is 0 Å². The fraction of sp³-hybridized carbons (Fsp3) is 0.545. The quantitative estimate of drug-likeness (QED) is 0.752. The third-order valence-electron chi connectivity index (χ3n) is 2.84. The summed E-state index contributed by atoms with van der Waals surface area (Å²) in [6, 6.07) is 4.74. The second-order valence-corrected chi connectivity index (χ2v) is 3.93. The predicted octanol–water partition coefficient (Wildman–Crippen LogP) is 1.22. The van der Waals surface area contributed by atoms with Gasteiger partial charge >= 0.3 is 0 Å². The standard InChI is InChI=1S/C11H17N3/c12-11(8-14-10-4-1-5-10)9-3-2-6-13-7-9/h2-3,6-7,10-11,14H,1,4-5,8,12H2. The van der Waals surface area contributed by atoms with E-state index in [1.54, 1.807) is 6.20 Å². The molecule has 76 valence electrons. The largest absolute Gasteiger partial charge is 0.323 e. The van der Waals surface area contributed by atoms with Gasteiger partial charge in [-0.25, -0.2) is 0 Å². The van der Waals surface area contributed by atoms with Gasteiger partial charge in [-0.15, -0.1) is 0 Å². The van der Waals surface area contributed by atoms with Crippen molar-refractivity contribution in [3.8, 4) is 0 Å². The zero-order valence-electron chi connectivity index (χ0n) is 8.32. The monoisotopic (exact) mass is 191 g/mol. The minimum Gasteiger partial charge on any atom is -0.323 e. The normalized spacial score (nSPS) is 18.9. The van der Waals surface area contributed by atoms with Crippen molar-refractivity contribution < 1.29 is 0 Å². The van der Waals surface area contributed by atoms with Crippen LogP contribution in [0.4, 0.5) is 0 Å². The van der Waals surface area contributed by atoms with Crippen LogP contribution in [0.5, 0.6) is 0 Å². The van der Waals surface area contributed by atoms with Gasteiger partial charge in [-0.05, 0) is 24.5 Å². The fourth-order valence-corrected chi connectivity index (χ4v) is 1.62. The lowest BCUT2D eigenvalue weighted by atomic mass is 9.93. The fourth-order valence-electron chi connectivity index (χ4n) is 1.62. The summed E-state index contributed by atoms with van der Waals surface area (Å²) in [5, 5.41) is 3.46. The van der Waals surface area contributed by atoms with Crippen molar-refractivity contribution in [1.82, 2.24) is 10.3 Å². The van der Waals surface area contributed by atoms with Crippen LogP contribution in [-0.2, 0) is 0 Å². The molecule has 0 aromatic carbocycles. The minimum absolute atomic E-state index is 0.0734. The van der Waals surface area contributed by atoms with E-state index in [4.69, 9.17) is 5.73 Å². The summed E-state index contributed by atoms with van der Waals surface area (Å²) >= 11 is 0. The molecule has 0 bridgehead atoms. The number of nitrogens with one attached hydrogen (secondary N) is 1. The van der Waals surface area contributed by atoms with Crippen LogP contribution in [0.2, 0.25) is 0 Å². The van der Waals surface area contributed by atoms with E-state index < -0.39 is 0 Å². The molecule has 1 heterocycles. The third-order valence-corrected chi connectivity index (χ3v) is 2.84. The Kier molecular flexibility index (Phi) is 3.11. The highest BCUT2D eigenvalue weighted by atomic mass is 14.9. The first-order valence-corrected chi connectivity index (χ1v) is 5.25. The Bertz CT molecular complexity index is 269. The van der Waals surface area contributed by atoms with Gasteiger partial charge < -0.3 is 11.1 Å². The van der Waals surface area contributed by atoms with E-state index in [0.717, 1.165) is 12.1 Å². The van der Waals surface area contributed by atoms with E-state index in [9.17, 15) is 0 Å². The molecule has 1 saturated carbocycles. The second-order valence-electron chi connectivity index (χ2n) is 3.93. The molecule has 1 fully saturated rings. The molecular formula is C11H17N3. The molecule has 3 heteroatoms. The highest BCUT2D eigenvalue weighted by Crippen LogP contribution is 2.18. The van der Waals surface area contributed by atoms with Crippen LogP contribution < -0.4 is 11.1 Å². The molecule has 1 aliphatic rings. The topological polar surface area (TPSA) is 50.9 Å². The Morgan fingerprint density at radius 1 is 1.57 bits per heavy atom. The molecule has 1 aliphatic carbocycles. The first-order valence-electron chi connectivity index (χ1n) is 5.25. The molecule has 0 spiro atoms. The van der Waals surface area contributed by atoms with E-state index in [2.05, 4.69) is 10.3 Å². The number of nitrogens with two attached hydrogens (primary N) is 1. The van der Waals surface area contributed by atoms with Crippen LogP contribution in [0.15, 0.2) is 24.5 Å². The average molecular weight is 191 g/mol. The summed E-state index contributed by atoms with van der Waals surface area (Å²) in [4.78, 5) is 4.06. The van der Waals surface area contributed by atoms with Gasteiger partial charge in [-0.2, -0.15) is 0 Å². The lowest BCUT2D eigenvalue weighted by molar-refractivity contribution is 0.332. The van der Waals surface area contributed by atoms with Crippen LogP contribution in [0, 0.1) is 0 Å². The third kappa shape index (κ3) is 2.30. The van der Waals surface area contributed by atoms with Gasteiger partial charge in [0.05, 0.1) is 0 Å². The maximum atomic E-state index is 6.02. The maximum Gasteiger partial charge on any atom is 0.0437 e. The van der Waals surface area contributed by atoms with Gasteiger partial charge in [-0.1, -0.05) is 12.5 Å². The Balaban J connectivity index is 1.80. The number of hydrogen-bond donors (Lipinski definition) is 2. The summed E-state index contributed by atoms with van der Waals surface area (Å²) in [6.45, 7) is 0.857. The number of aromatic nitrogens is 1. The first-order chi connectivity index (χ1) is 6.86. The van der Waals surface area contributed by atoms with Crippen molar-refractivity contribution in [2.24, 2.45) is 5.73 Å². The molecular weight excluding hydrogens is 174 g/mol.